The van der Waals surface area contributed by atoms with Crippen LogP contribution in [0.1, 0.15) is 41.1 Å². The fraction of sp³-hybridized carbons (Fsp3) is 0.391. The van der Waals surface area contributed by atoms with E-state index in [1.807, 2.05) is 30.3 Å². The standard InChI is InChI=1S/C23H27N3O2.2ClH/c1-28-20-9-4-7-18(15-20)19-8-5-12-25(16-19)13-6-14-26-17-24-22-11-3-2-10-21(22)23(26)27;;/h2-4,7,9-11,15,17,19H,5-6,8,12-14,16H2,1H3;2*1H. The number of fused-ring (bicyclic) bond motifs is 1. The molecule has 7 heteroatoms. The van der Waals surface area contributed by atoms with Crippen LogP contribution < -0.4 is 39.4 Å². The highest BCUT2D eigenvalue weighted by atomic mass is 35.5. The van der Waals surface area contributed by atoms with Crippen LogP contribution in [0.5, 0.6) is 5.75 Å². The predicted octanol–water partition coefficient (Wildman–Crippen LogP) is -4.75. The highest BCUT2D eigenvalue weighted by Crippen LogP contribution is 2.25. The third kappa shape index (κ3) is 5.61. The Hall–Kier alpha value is -1.92. The van der Waals surface area contributed by atoms with Crippen LogP contribution in [0.2, 0.25) is 0 Å². The minimum atomic E-state index is 0. The van der Waals surface area contributed by atoms with Crippen LogP contribution in [0.15, 0.2) is 53.5 Å². The van der Waals surface area contributed by atoms with Crippen molar-refractivity contribution in [3.63, 3.8) is 0 Å². The van der Waals surface area contributed by atoms with Crippen LogP contribution >= 0.6 is 0 Å². The second-order valence-corrected chi connectivity index (χ2v) is 7.80. The molecule has 0 radical (unpaired) electrons. The van der Waals surface area contributed by atoms with E-state index in [9.17, 15) is 4.79 Å². The molecule has 1 amide bonds. The molecule has 162 valence electrons. The monoisotopic (exact) mass is 449 g/mol. The number of likely N-dealkylation sites (tertiary alicyclic amines) is 1. The summed E-state index contributed by atoms with van der Waals surface area (Å²) in [6.45, 7) is 4.30. The fourth-order valence-corrected chi connectivity index (χ4v) is 4.42. The van der Waals surface area contributed by atoms with Crippen molar-refractivity contribution in [3.05, 3.63) is 59.7 Å². The van der Waals surface area contributed by atoms with Gasteiger partial charge in [-0.25, -0.2) is 14.7 Å². The molecule has 2 N–H and O–H groups in total. The number of benzene rings is 2. The summed E-state index contributed by atoms with van der Waals surface area (Å²) in [7, 11) is 1.73. The Balaban J connectivity index is 0.00000160. The first-order valence-electron chi connectivity index (χ1n) is 10.3. The van der Waals surface area contributed by atoms with E-state index in [-0.39, 0.29) is 30.7 Å². The number of nitrogens with zero attached hydrogens (tertiary/aromatic N) is 1. The van der Waals surface area contributed by atoms with E-state index in [4.69, 9.17) is 4.74 Å². The lowest BCUT2D eigenvalue weighted by Crippen LogP contribution is -3.16. The zero-order valence-electron chi connectivity index (χ0n) is 17.2. The topological polar surface area (TPSA) is 47.5 Å². The Bertz CT molecular complexity index is 875. The van der Waals surface area contributed by atoms with Crippen molar-refractivity contribution in [1.82, 2.24) is 0 Å². The minimum absolute atomic E-state index is 0. The summed E-state index contributed by atoms with van der Waals surface area (Å²) in [5, 5.41) is 0. The number of quaternary nitrogens is 2. The van der Waals surface area contributed by atoms with Gasteiger partial charge >= 0.3 is 5.91 Å². The van der Waals surface area contributed by atoms with Crippen molar-refractivity contribution < 1.29 is 44.1 Å². The molecule has 1 fully saturated rings. The normalized spacial score (nSPS) is 22.4. The number of halogens is 2. The number of amides is 1. The SMILES string of the molecule is COc1cccc(C2CCC[NH+](CCC[NH+]3C=Nc4ccccc4C3=O)C2)c1.[Cl-].[Cl-]. The van der Waals surface area contributed by atoms with Gasteiger partial charge in [-0.1, -0.05) is 24.3 Å². The molecule has 0 bridgehead atoms. The molecule has 5 nitrogen and oxygen atoms in total. The van der Waals surface area contributed by atoms with Crippen molar-refractivity contribution in [2.24, 2.45) is 4.99 Å². The second kappa shape index (κ2) is 11.5. The van der Waals surface area contributed by atoms with Crippen LogP contribution in [0.25, 0.3) is 0 Å². The predicted molar refractivity (Wildman–Crippen MR) is 110 cm³/mol. The van der Waals surface area contributed by atoms with Gasteiger partial charge in [0, 0.05) is 12.3 Å². The van der Waals surface area contributed by atoms with Crippen LogP contribution in [-0.2, 0) is 0 Å². The zero-order chi connectivity index (χ0) is 19.3. The third-order valence-electron chi connectivity index (χ3n) is 5.96. The lowest BCUT2D eigenvalue weighted by molar-refractivity contribution is -0.908. The molecule has 2 aliphatic rings. The number of aliphatic imine (C=N–C) groups is 1. The number of piperidine rings is 1. The zero-order valence-corrected chi connectivity index (χ0v) is 18.8. The average molecular weight is 450 g/mol. The summed E-state index contributed by atoms with van der Waals surface area (Å²) in [5.41, 5.74) is 2.92. The third-order valence-corrected chi connectivity index (χ3v) is 5.96. The van der Waals surface area contributed by atoms with Gasteiger partial charge in [-0.2, -0.15) is 0 Å². The first-order chi connectivity index (χ1) is 13.7. The summed E-state index contributed by atoms with van der Waals surface area (Å²) in [6.07, 6.45) is 5.29. The molecule has 30 heavy (non-hydrogen) atoms. The highest BCUT2D eigenvalue weighted by Gasteiger charge is 2.28. The van der Waals surface area contributed by atoms with Crippen molar-refractivity contribution in [2.75, 3.05) is 33.3 Å². The van der Waals surface area contributed by atoms with Gasteiger partial charge in [-0.05, 0) is 42.7 Å². The van der Waals surface area contributed by atoms with Crippen molar-refractivity contribution in [1.29, 1.82) is 0 Å². The van der Waals surface area contributed by atoms with E-state index >= 15 is 0 Å². The Morgan fingerprint density at radius 3 is 2.77 bits per heavy atom. The number of ether oxygens (including phenoxy) is 1. The maximum absolute atomic E-state index is 12.6. The number of hydrogen-bond donors (Lipinski definition) is 2. The van der Waals surface area contributed by atoms with Crippen LogP contribution in [0.4, 0.5) is 5.69 Å². The number of carbonyl (C=O) groups excluding carboxylic acids is 1. The molecule has 0 spiro atoms. The number of rotatable bonds is 6. The summed E-state index contributed by atoms with van der Waals surface area (Å²) in [6, 6.07) is 16.1. The lowest BCUT2D eigenvalue weighted by Gasteiger charge is -2.30. The molecule has 3 unspecified atom stereocenters. The molecule has 2 aliphatic heterocycles. The van der Waals surface area contributed by atoms with Gasteiger partial charge in [0.2, 0.25) is 0 Å². The molecule has 3 atom stereocenters. The molecule has 0 saturated carbocycles. The number of carbonyl (C=O) groups is 1. The first-order valence-corrected chi connectivity index (χ1v) is 10.3. The molecule has 0 aromatic heterocycles. The number of hydrogen-bond acceptors (Lipinski definition) is 3. The highest BCUT2D eigenvalue weighted by molar-refractivity contribution is 5.98. The van der Waals surface area contributed by atoms with Crippen molar-refractivity contribution in [3.8, 4) is 5.75 Å². The van der Waals surface area contributed by atoms with Gasteiger partial charge in [0.1, 0.15) is 11.3 Å². The van der Waals surface area contributed by atoms with E-state index < -0.39 is 0 Å². The van der Waals surface area contributed by atoms with E-state index in [2.05, 4.69) is 23.2 Å². The van der Waals surface area contributed by atoms with Gasteiger partial charge in [0.15, 0.2) is 6.34 Å². The van der Waals surface area contributed by atoms with Crippen LogP contribution in [0, 0.1) is 0 Å². The van der Waals surface area contributed by atoms with E-state index in [0.717, 1.165) is 48.0 Å². The first kappa shape index (κ1) is 24.4. The molecule has 4 rings (SSSR count). The van der Waals surface area contributed by atoms with Crippen molar-refractivity contribution in [2.45, 2.75) is 25.2 Å². The molecule has 0 aliphatic carbocycles. The summed E-state index contributed by atoms with van der Waals surface area (Å²) in [5.74, 6) is 1.68. The molecule has 2 aromatic carbocycles. The van der Waals surface area contributed by atoms with E-state index in [1.54, 1.807) is 18.3 Å². The van der Waals surface area contributed by atoms with Crippen LogP contribution in [-0.4, -0.2) is 45.5 Å². The number of nitrogens with one attached hydrogen (secondary N) is 2. The largest absolute Gasteiger partial charge is 1.00 e. The summed E-state index contributed by atoms with van der Waals surface area (Å²) >= 11 is 0. The fourth-order valence-electron chi connectivity index (χ4n) is 4.42. The molecule has 1 saturated heterocycles. The van der Waals surface area contributed by atoms with E-state index in [1.165, 1.54) is 24.9 Å². The van der Waals surface area contributed by atoms with Gasteiger partial charge in [-0.3, -0.25) is 0 Å². The summed E-state index contributed by atoms with van der Waals surface area (Å²) in [4.78, 5) is 19.6. The van der Waals surface area contributed by atoms with Gasteiger partial charge < -0.3 is 34.5 Å². The Morgan fingerprint density at radius 1 is 1.10 bits per heavy atom. The molecule has 2 heterocycles. The Labute approximate surface area is 190 Å². The maximum atomic E-state index is 12.6. The average Bonchev–Trinajstić information content (AvgIpc) is 2.76. The molecule has 2 aromatic rings. The number of methoxy groups -OCH3 is 1. The smallest absolute Gasteiger partial charge is 0.352 e. The van der Waals surface area contributed by atoms with Crippen molar-refractivity contribution >= 4 is 17.9 Å². The molecular formula is C23H29Cl2N3O2. The summed E-state index contributed by atoms with van der Waals surface area (Å²) < 4.78 is 5.39. The van der Waals surface area contributed by atoms with Gasteiger partial charge in [0.25, 0.3) is 0 Å². The lowest BCUT2D eigenvalue weighted by atomic mass is 9.90. The Kier molecular flexibility index (Phi) is 9.31. The van der Waals surface area contributed by atoms with Crippen LogP contribution in [0.3, 0.4) is 0 Å². The minimum Gasteiger partial charge on any atom is -1.00 e. The molecular weight excluding hydrogens is 421 g/mol. The number of para-hydroxylation sites is 1. The maximum Gasteiger partial charge on any atom is 0.352 e. The second-order valence-electron chi connectivity index (χ2n) is 7.80. The van der Waals surface area contributed by atoms with Gasteiger partial charge in [-0.15, -0.1) is 0 Å². The quantitative estimate of drug-likeness (QED) is 0.465. The van der Waals surface area contributed by atoms with Gasteiger partial charge in [0.05, 0.1) is 39.0 Å². The Morgan fingerprint density at radius 2 is 1.93 bits per heavy atom. The van der Waals surface area contributed by atoms with E-state index in [0.29, 0.717) is 5.92 Å².